The highest BCUT2D eigenvalue weighted by molar-refractivity contribution is 7.59. The van der Waals surface area contributed by atoms with E-state index in [4.69, 9.17) is 5.11 Å². The molecule has 0 saturated heterocycles. The van der Waals surface area contributed by atoms with Gasteiger partial charge in [-0.25, -0.2) is 0 Å². The van der Waals surface area contributed by atoms with Gasteiger partial charge in [0, 0.05) is 0 Å². The predicted molar refractivity (Wildman–Crippen MR) is 78.5 cm³/mol. The second-order valence-corrected chi connectivity index (χ2v) is 4.07. The Hall–Kier alpha value is -1.52. The number of carboxylic acids is 1. The van der Waals surface area contributed by atoms with Crippen LogP contribution in [0.1, 0.15) is 5.56 Å². The van der Waals surface area contributed by atoms with E-state index in [-0.39, 0.29) is 13.5 Å². The molecule has 1 atom stereocenters. The van der Waals surface area contributed by atoms with E-state index in [2.05, 4.69) is 5.32 Å². The molecule has 0 heterocycles. The number of hydrogen-bond acceptors (Lipinski definition) is 2. The fraction of sp³-hybridized carbons (Fsp3) is 0.214. The van der Waals surface area contributed by atoms with Crippen molar-refractivity contribution >= 4 is 30.2 Å². The summed E-state index contributed by atoms with van der Waals surface area (Å²) in [6.07, 6.45) is 0.497. The van der Waals surface area contributed by atoms with Gasteiger partial charge in [-0.05, 0) is 29.8 Å². The molecule has 0 fully saturated rings. The van der Waals surface area contributed by atoms with E-state index in [0.29, 0.717) is 6.42 Å². The third kappa shape index (κ3) is 3.24. The van der Waals surface area contributed by atoms with E-state index in [1.807, 2.05) is 42.5 Å². The summed E-state index contributed by atoms with van der Waals surface area (Å²) >= 11 is 0. The summed E-state index contributed by atoms with van der Waals surface area (Å²) < 4.78 is 0. The van der Waals surface area contributed by atoms with Crippen LogP contribution in [-0.4, -0.2) is 24.2 Å². The first-order valence-electron chi connectivity index (χ1n) is 5.58. The number of rotatable bonds is 4. The van der Waals surface area contributed by atoms with E-state index >= 15 is 0 Å². The number of likely N-dealkylation sites (N-methyl/N-ethyl adjacent to an activating group) is 1. The molecule has 96 valence electrons. The molecule has 3 nitrogen and oxygen atoms in total. The van der Waals surface area contributed by atoms with Crippen molar-refractivity contribution < 1.29 is 9.90 Å². The second-order valence-electron chi connectivity index (χ2n) is 4.07. The third-order valence-corrected chi connectivity index (χ3v) is 2.90. The molecule has 2 N–H and O–H groups in total. The molecule has 0 aliphatic rings. The molecule has 0 aromatic heterocycles. The molecular formula is C14H17NO2S. The topological polar surface area (TPSA) is 49.3 Å². The standard InChI is InChI=1S/C14H15NO2.H2S/c1-15-13(14(16)17)9-10-6-7-11-4-2-3-5-12(11)8-10;/h2-8,13,15H,9H2,1H3,(H,16,17);1H2/t13-;/m0./s1. The fourth-order valence-electron chi connectivity index (χ4n) is 1.91. The zero-order chi connectivity index (χ0) is 12.3. The Morgan fingerprint density at radius 1 is 1.22 bits per heavy atom. The van der Waals surface area contributed by atoms with Crippen molar-refractivity contribution in [3.63, 3.8) is 0 Å². The van der Waals surface area contributed by atoms with Gasteiger partial charge in [0.2, 0.25) is 0 Å². The van der Waals surface area contributed by atoms with Crippen LogP contribution < -0.4 is 5.32 Å². The number of fused-ring (bicyclic) bond motifs is 1. The maximum Gasteiger partial charge on any atom is 0.321 e. The summed E-state index contributed by atoms with van der Waals surface area (Å²) in [5, 5.41) is 14.1. The van der Waals surface area contributed by atoms with Crippen molar-refractivity contribution in [2.24, 2.45) is 0 Å². The molecule has 0 spiro atoms. The predicted octanol–water partition coefficient (Wildman–Crippen LogP) is 2.17. The van der Waals surface area contributed by atoms with Gasteiger partial charge < -0.3 is 10.4 Å². The summed E-state index contributed by atoms with van der Waals surface area (Å²) in [5.41, 5.74) is 1.03. The molecule has 2 aromatic carbocycles. The summed E-state index contributed by atoms with van der Waals surface area (Å²) in [6, 6.07) is 13.6. The molecule has 18 heavy (non-hydrogen) atoms. The monoisotopic (exact) mass is 263 g/mol. The number of carbonyl (C=O) groups is 1. The lowest BCUT2D eigenvalue weighted by Crippen LogP contribution is -2.35. The highest BCUT2D eigenvalue weighted by atomic mass is 32.1. The van der Waals surface area contributed by atoms with Crippen LogP contribution in [0.3, 0.4) is 0 Å². The zero-order valence-corrected chi connectivity index (χ0v) is 11.2. The van der Waals surface area contributed by atoms with Crippen LogP contribution in [0.15, 0.2) is 42.5 Å². The molecule has 0 unspecified atom stereocenters. The van der Waals surface area contributed by atoms with Gasteiger partial charge in [-0.15, -0.1) is 0 Å². The lowest BCUT2D eigenvalue weighted by Gasteiger charge is -2.11. The molecule has 0 aliphatic heterocycles. The number of hydrogen-bond donors (Lipinski definition) is 2. The molecule has 0 radical (unpaired) electrons. The summed E-state index contributed by atoms with van der Waals surface area (Å²) in [7, 11) is 1.67. The van der Waals surface area contributed by atoms with E-state index in [9.17, 15) is 4.79 Å². The van der Waals surface area contributed by atoms with Crippen LogP contribution in [0.2, 0.25) is 0 Å². The van der Waals surface area contributed by atoms with E-state index in [0.717, 1.165) is 10.9 Å². The minimum Gasteiger partial charge on any atom is -0.480 e. The molecular weight excluding hydrogens is 246 g/mol. The van der Waals surface area contributed by atoms with Crippen LogP contribution in [0.25, 0.3) is 10.8 Å². The van der Waals surface area contributed by atoms with Crippen LogP contribution >= 0.6 is 13.5 Å². The number of carboxylic acid groups (broad SMARTS) is 1. The largest absolute Gasteiger partial charge is 0.480 e. The van der Waals surface area contributed by atoms with Gasteiger partial charge in [-0.1, -0.05) is 42.5 Å². The second kappa shape index (κ2) is 6.42. The average molecular weight is 263 g/mol. The Morgan fingerprint density at radius 2 is 1.89 bits per heavy atom. The first kappa shape index (κ1) is 14.5. The maximum atomic E-state index is 10.9. The van der Waals surface area contributed by atoms with Crippen LogP contribution in [0, 0.1) is 0 Å². The first-order chi connectivity index (χ1) is 8.20. The Morgan fingerprint density at radius 3 is 2.50 bits per heavy atom. The van der Waals surface area contributed by atoms with Gasteiger partial charge >= 0.3 is 5.97 Å². The van der Waals surface area contributed by atoms with Gasteiger partial charge in [0.05, 0.1) is 0 Å². The normalized spacial score (nSPS) is 11.8. The summed E-state index contributed by atoms with van der Waals surface area (Å²) in [4.78, 5) is 10.9. The maximum absolute atomic E-state index is 10.9. The van der Waals surface area contributed by atoms with Gasteiger partial charge in [0.25, 0.3) is 0 Å². The Balaban J connectivity index is 0.00000162. The Kier molecular flexibility index (Phi) is 5.19. The molecule has 4 heteroatoms. The Bertz CT molecular complexity index is 542. The number of aliphatic carboxylic acids is 1. The highest BCUT2D eigenvalue weighted by Crippen LogP contribution is 2.16. The van der Waals surface area contributed by atoms with Crippen molar-refractivity contribution in [2.45, 2.75) is 12.5 Å². The summed E-state index contributed by atoms with van der Waals surface area (Å²) in [6.45, 7) is 0. The van der Waals surface area contributed by atoms with Crippen LogP contribution in [0.4, 0.5) is 0 Å². The molecule has 0 aliphatic carbocycles. The van der Waals surface area contributed by atoms with Gasteiger partial charge in [-0.3, -0.25) is 4.79 Å². The lowest BCUT2D eigenvalue weighted by atomic mass is 10.0. The SMILES string of the molecule is CN[C@@H](Cc1ccc2ccccc2c1)C(=O)O.S. The smallest absolute Gasteiger partial charge is 0.321 e. The van der Waals surface area contributed by atoms with Crippen molar-refractivity contribution in [2.75, 3.05) is 7.05 Å². The first-order valence-corrected chi connectivity index (χ1v) is 5.58. The molecule has 0 bridgehead atoms. The zero-order valence-electron chi connectivity index (χ0n) is 10.2. The average Bonchev–Trinajstić information content (AvgIpc) is 2.35. The molecule has 0 amide bonds. The highest BCUT2D eigenvalue weighted by Gasteiger charge is 2.15. The quantitative estimate of drug-likeness (QED) is 0.889. The van der Waals surface area contributed by atoms with Crippen LogP contribution in [-0.2, 0) is 11.2 Å². The minimum atomic E-state index is -0.819. The fourth-order valence-corrected chi connectivity index (χ4v) is 1.91. The van der Waals surface area contributed by atoms with Crippen molar-refractivity contribution in [3.8, 4) is 0 Å². The van der Waals surface area contributed by atoms with Crippen LogP contribution in [0.5, 0.6) is 0 Å². The molecule has 0 saturated carbocycles. The summed E-state index contributed by atoms with van der Waals surface area (Å²) in [5.74, 6) is -0.819. The minimum absolute atomic E-state index is 0. The molecule has 2 rings (SSSR count). The lowest BCUT2D eigenvalue weighted by molar-refractivity contribution is -0.139. The number of nitrogens with one attached hydrogen (secondary N) is 1. The van der Waals surface area contributed by atoms with Gasteiger partial charge in [0.15, 0.2) is 0 Å². The van der Waals surface area contributed by atoms with Crippen molar-refractivity contribution in [1.29, 1.82) is 0 Å². The Labute approximate surface area is 113 Å². The third-order valence-electron chi connectivity index (χ3n) is 2.90. The number of benzene rings is 2. The van der Waals surface area contributed by atoms with Gasteiger partial charge in [-0.2, -0.15) is 13.5 Å². The van der Waals surface area contributed by atoms with E-state index in [1.165, 1.54) is 5.39 Å². The van der Waals surface area contributed by atoms with Crippen molar-refractivity contribution in [3.05, 3.63) is 48.0 Å². The van der Waals surface area contributed by atoms with Crippen molar-refractivity contribution in [1.82, 2.24) is 5.32 Å². The van der Waals surface area contributed by atoms with E-state index < -0.39 is 12.0 Å². The van der Waals surface area contributed by atoms with E-state index in [1.54, 1.807) is 7.05 Å². The molecule has 2 aromatic rings. The van der Waals surface area contributed by atoms with Gasteiger partial charge in [0.1, 0.15) is 6.04 Å².